The van der Waals surface area contributed by atoms with Crippen LogP contribution in [0.2, 0.25) is 0 Å². The van der Waals surface area contributed by atoms with Gasteiger partial charge in [-0.2, -0.15) is 8.42 Å². The van der Waals surface area contributed by atoms with Gasteiger partial charge in [0.2, 0.25) is 5.91 Å². The minimum absolute atomic E-state index is 0.260. The Hall–Kier alpha value is -1.42. The SMILES string of the molecule is CCCCCCCCCCC/C=C\CCCCCCCC(=O)NC(COC1OC(CO)C(O)C(OS(=O)(=O)O)C1O)C(O)/C=C/CCCCCCCCCCCCCCCCCC. The summed E-state index contributed by atoms with van der Waals surface area (Å²) in [6.45, 7) is 3.40. The van der Waals surface area contributed by atoms with Crippen LogP contribution in [0.25, 0.3) is 0 Å². The van der Waals surface area contributed by atoms with Gasteiger partial charge in [-0.3, -0.25) is 9.35 Å². The van der Waals surface area contributed by atoms with Crippen molar-refractivity contribution >= 4 is 16.3 Å². The molecule has 0 bridgehead atoms. The van der Waals surface area contributed by atoms with Gasteiger partial charge in [-0.05, 0) is 44.9 Å². The normalized spacial score (nSPS) is 20.5. The maximum absolute atomic E-state index is 13.1. The number of amides is 1. The second kappa shape index (κ2) is 40.8. The van der Waals surface area contributed by atoms with Crippen molar-refractivity contribution in [1.29, 1.82) is 0 Å². The predicted octanol–water partition coefficient (Wildman–Crippen LogP) is 10.9. The van der Waals surface area contributed by atoms with E-state index in [1.807, 2.05) is 6.08 Å². The van der Waals surface area contributed by atoms with Gasteiger partial charge in [-0.25, -0.2) is 4.18 Å². The lowest BCUT2D eigenvalue weighted by atomic mass is 9.99. The molecule has 13 heteroatoms. The van der Waals surface area contributed by atoms with Gasteiger partial charge in [0.05, 0.1) is 25.4 Å². The topological polar surface area (TPSA) is 192 Å². The molecular formula is C50H95NO11S. The van der Waals surface area contributed by atoms with E-state index in [9.17, 15) is 38.2 Å². The van der Waals surface area contributed by atoms with E-state index in [4.69, 9.17) is 9.47 Å². The molecule has 1 aliphatic heterocycles. The van der Waals surface area contributed by atoms with Crippen LogP contribution in [0.3, 0.4) is 0 Å². The number of hydrogen-bond donors (Lipinski definition) is 6. The van der Waals surface area contributed by atoms with E-state index in [1.165, 1.54) is 148 Å². The van der Waals surface area contributed by atoms with Crippen molar-refractivity contribution in [3.63, 3.8) is 0 Å². The molecule has 12 nitrogen and oxygen atoms in total. The van der Waals surface area contributed by atoms with Gasteiger partial charge in [-0.15, -0.1) is 0 Å². The number of hydrogen-bond acceptors (Lipinski definition) is 10. The second-order valence-electron chi connectivity index (χ2n) is 18.1. The van der Waals surface area contributed by atoms with E-state index in [1.54, 1.807) is 6.08 Å². The van der Waals surface area contributed by atoms with Crippen molar-refractivity contribution in [3.05, 3.63) is 24.3 Å². The largest absolute Gasteiger partial charge is 0.397 e. The molecule has 7 unspecified atom stereocenters. The van der Waals surface area contributed by atoms with Crippen LogP contribution in [0, 0.1) is 0 Å². The summed E-state index contributed by atoms with van der Waals surface area (Å²) in [4.78, 5) is 13.1. The van der Waals surface area contributed by atoms with E-state index in [0.29, 0.717) is 6.42 Å². The van der Waals surface area contributed by atoms with Crippen molar-refractivity contribution in [2.24, 2.45) is 0 Å². The fraction of sp³-hybridized carbons (Fsp3) is 0.900. The summed E-state index contributed by atoms with van der Waals surface area (Å²) in [5.41, 5.74) is 0. The minimum atomic E-state index is -5.09. The van der Waals surface area contributed by atoms with Gasteiger partial charge >= 0.3 is 10.4 Å². The Bertz CT molecular complexity index is 1220. The van der Waals surface area contributed by atoms with E-state index < -0.39 is 59.9 Å². The van der Waals surface area contributed by atoms with E-state index in [0.717, 1.165) is 57.8 Å². The highest BCUT2D eigenvalue weighted by Crippen LogP contribution is 2.26. The molecule has 0 radical (unpaired) electrons. The van der Waals surface area contributed by atoms with Gasteiger partial charge in [0.15, 0.2) is 6.29 Å². The monoisotopic (exact) mass is 918 g/mol. The smallest absolute Gasteiger partial charge is 0.394 e. The molecule has 372 valence electrons. The number of rotatable bonds is 44. The van der Waals surface area contributed by atoms with Gasteiger partial charge in [0.1, 0.15) is 24.4 Å². The first kappa shape index (κ1) is 59.6. The number of aliphatic hydroxyl groups excluding tert-OH is 4. The molecule has 1 rings (SSSR count). The number of allylic oxidation sites excluding steroid dienone is 3. The van der Waals surface area contributed by atoms with Crippen LogP contribution in [0.15, 0.2) is 24.3 Å². The first-order valence-electron chi connectivity index (χ1n) is 25.7. The summed E-state index contributed by atoms with van der Waals surface area (Å²) in [7, 11) is -5.09. The highest BCUT2D eigenvalue weighted by Gasteiger charge is 2.48. The molecule has 0 aromatic heterocycles. The fourth-order valence-electron chi connectivity index (χ4n) is 8.21. The highest BCUT2D eigenvalue weighted by atomic mass is 32.3. The van der Waals surface area contributed by atoms with Crippen molar-refractivity contribution < 1.29 is 51.8 Å². The fourth-order valence-corrected chi connectivity index (χ4v) is 8.72. The lowest BCUT2D eigenvalue weighted by Gasteiger charge is -2.41. The molecule has 1 fully saturated rings. The van der Waals surface area contributed by atoms with Crippen LogP contribution >= 0.6 is 0 Å². The highest BCUT2D eigenvalue weighted by molar-refractivity contribution is 7.80. The van der Waals surface area contributed by atoms with Gasteiger partial charge < -0.3 is 35.2 Å². The molecule has 6 N–H and O–H groups in total. The van der Waals surface area contributed by atoms with E-state index in [-0.39, 0.29) is 18.9 Å². The van der Waals surface area contributed by atoms with Crippen LogP contribution in [-0.4, -0.2) is 95.4 Å². The molecule has 0 saturated carbocycles. The standard InChI is InChI=1S/C50H95NO11S/c1-3-5-7-9-11-13-15-17-19-21-23-25-27-29-31-33-35-37-39-44(53)43(42-60-50-48(56)49(62-63(57,58)59)47(55)45(41-52)61-50)51-46(54)40-38-36-34-32-30-28-26-24-22-20-18-16-14-12-10-8-6-4-2/h24,26,37,39,43-45,47-50,52-53,55-56H,3-23,25,27-36,38,40-42H2,1-2H3,(H,51,54)(H,57,58,59)/b26-24-,39-37+. The Kier molecular flexibility index (Phi) is 38.6. The Balaban J connectivity index is 2.47. The first-order chi connectivity index (χ1) is 30.5. The molecule has 1 amide bonds. The second-order valence-corrected chi connectivity index (χ2v) is 19.2. The Morgan fingerprint density at radius 3 is 1.43 bits per heavy atom. The summed E-state index contributed by atoms with van der Waals surface area (Å²) in [5, 5.41) is 44.8. The molecule has 63 heavy (non-hydrogen) atoms. The number of carbonyl (C=O) groups excluding carboxylic acids is 1. The van der Waals surface area contributed by atoms with Crippen molar-refractivity contribution in [2.45, 2.75) is 275 Å². The molecule has 7 atom stereocenters. The third kappa shape index (κ3) is 33.7. The van der Waals surface area contributed by atoms with E-state index in [2.05, 4.69) is 35.5 Å². The Morgan fingerprint density at radius 1 is 0.619 bits per heavy atom. The number of nitrogens with one attached hydrogen (secondary N) is 1. The molecule has 0 aliphatic carbocycles. The quantitative estimate of drug-likeness (QED) is 0.0194. The van der Waals surface area contributed by atoms with Crippen LogP contribution in [0.4, 0.5) is 0 Å². The van der Waals surface area contributed by atoms with Crippen molar-refractivity contribution in [2.75, 3.05) is 13.2 Å². The van der Waals surface area contributed by atoms with Crippen molar-refractivity contribution in [1.82, 2.24) is 5.32 Å². The molecule has 0 aromatic carbocycles. The Labute approximate surface area is 384 Å². The summed E-state index contributed by atoms with van der Waals surface area (Å²) in [6.07, 6.45) is 39.2. The van der Waals surface area contributed by atoms with Gasteiger partial charge in [0.25, 0.3) is 0 Å². The number of aliphatic hydroxyl groups is 4. The average Bonchev–Trinajstić information content (AvgIpc) is 3.25. The molecule has 1 saturated heterocycles. The summed E-state index contributed by atoms with van der Waals surface area (Å²) in [5.74, 6) is -0.269. The third-order valence-corrected chi connectivity index (χ3v) is 12.7. The van der Waals surface area contributed by atoms with Crippen LogP contribution < -0.4 is 5.32 Å². The lowest BCUT2D eigenvalue weighted by molar-refractivity contribution is -0.298. The third-order valence-electron chi connectivity index (χ3n) is 12.2. The first-order valence-corrected chi connectivity index (χ1v) is 27.1. The minimum Gasteiger partial charge on any atom is -0.394 e. The van der Waals surface area contributed by atoms with Crippen LogP contribution in [-0.2, 0) is 28.9 Å². The van der Waals surface area contributed by atoms with E-state index >= 15 is 0 Å². The number of unbranched alkanes of at least 4 members (excludes halogenated alkanes) is 30. The van der Waals surface area contributed by atoms with Gasteiger partial charge in [0, 0.05) is 6.42 Å². The maximum Gasteiger partial charge on any atom is 0.397 e. The Morgan fingerprint density at radius 2 is 1.02 bits per heavy atom. The zero-order valence-electron chi connectivity index (χ0n) is 39.9. The number of carbonyl (C=O) groups is 1. The average molecular weight is 918 g/mol. The number of ether oxygens (including phenoxy) is 2. The molecule has 0 aromatic rings. The molecule has 0 spiro atoms. The molecular weight excluding hydrogens is 823 g/mol. The summed E-state index contributed by atoms with van der Waals surface area (Å²) >= 11 is 0. The van der Waals surface area contributed by atoms with Crippen molar-refractivity contribution in [3.8, 4) is 0 Å². The molecule has 1 heterocycles. The molecule has 1 aliphatic rings. The van der Waals surface area contributed by atoms with Crippen LogP contribution in [0.1, 0.15) is 232 Å². The zero-order chi connectivity index (χ0) is 46.2. The van der Waals surface area contributed by atoms with Gasteiger partial charge in [-0.1, -0.05) is 205 Å². The maximum atomic E-state index is 13.1. The zero-order valence-corrected chi connectivity index (χ0v) is 40.7. The summed E-state index contributed by atoms with van der Waals surface area (Å²) in [6, 6.07) is -0.946. The summed E-state index contributed by atoms with van der Waals surface area (Å²) < 4.78 is 47.7. The van der Waals surface area contributed by atoms with Crippen LogP contribution in [0.5, 0.6) is 0 Å². The predicted molar refractivity (Wildman–Crippen MR) is 255 cm³/mol. The lowest BCUT2D eigenvalue weighted by Crippen LogP contribution is -2.61.